The Balaban J connectivity index is 2.50. The molecule has 0 amide bonds. The SMILES string of the molecule is COc1cc(-c2ccc(C(=N)N)c(N)c2)nc(N)n1. The second kappa shape index (κ2) is 4.81. The molecule has 7 N–H and O–H groups in total. The molecule has 1 aromatic carbocycles. The highest BCUT2D eigenvalue weighted by molar-refractivity contribution is 6.00. The largest absolute Gasteiger partial charge is 0.481 e. The van der Waals surface area contributed by atoms with Gasteiger partial charge < -0.3 is 21.9 Å². The normalized spacial score (nSPS) is 10.2. The van der Waals surface area contributed by atoms with E-state index < -0.39 is 0 Å². The van der Waals surface area contributed by atoms with Crippen LogP contribution in [-0.4, -0.2) is 22.9 Å². The number of methoxy groups -OCH3 is 1. The van der Waals surface area contributed by atoms with E-state index in [9.17, 15) is 0 Å². The highest BCUT2D eigenvalue weighted by atomic mass is 16.5. The molecule has 0 saturated heterocycles. The summed E-state index contributed by atoms with van der Waals surface area (Å²) in [6.45, 7) is 0. The first kappa shape index (κ1) is 12.6. The quantitative estimate of drug-likeness (QED) is 0.361. The average molecular weight is 258 g/mol. The van der Waals surface area contributed by atoms with Crippen molar-refractivity contribution in [3.63, 3.8) is 0 Å². The Hall–Kier alpha value is -2.83. The maximum atomic E-state index is 7.38. The van der Waals surface area contributed by atoms with Gasteiger partial charge in [0.25, 0.3) is 0 Å². The zero-order chi connectivity index (χ0) is 14.0. The fourth-order valence-electron chi connectivity index (χ4n) is 1.66. The summed E-state index contributed by atoms with van der Waals surface area (Å²) in [6.07, 6.45) is 0. The van der Waals surface area contributed by atoms with Crippen molar-refractivity contribution in [1.82, 2.24) is 9.97 Å². The lowest BCUT2D eigenvalue weighted by Gasteiger charge is -2.08. The van der Waals surface area contributed by atoms with E-state index in [0.29, 0.717) is 22.8 Å². The molecule has 98 valence electrons. The number of aromatic nitrogens is 2. The summed E-state index contributed by atoms with van der Waals surface area (Å²) in [6, 6.07) is 6.75. The first-order valence-electron chi connectivity index (χ1n) is 5.44. The third kappa shape index (κ3) is 2.54. The molecule has 0 aliphatic rings. The number of rotatable bonds is 3. The molecule has 0 spiro atoms. The van der Waals surface area contributed by atoms with Crippen molar-refractivity contribution in [1.29, 1.82) is 5.41 Å². The summed E-state index contributed by atoms with van der Waals surface area (Å²) in [5.41, 5.74) is 19.1. The lowest BCUT2D eigenvalue weighted by Crippen LogP contribution is -2.13. The van der Waals surface area contributed by atoms with Crippen molar-refractivity contribution in [2.24, 2.45) is 5.73 Å². The minimum absolute atomic E-state index is 0.0798. The van der Waals surface area contributed by atoms with Crippen LogP contribution in [0.3, 0.4) is 0 Å². The van der Waals surface area contributed by atoms with Crippen LogP contribution in [0.5, 0.6) is 5.88 Å². The van der Waals surface area contributed by atoms with E-state index in [1.807, 2.05) is 0 Å². The van der Waals surface area contributed by atoms with Gasteiger partial charge in [0.05, 0.1) is 12.8 Å². The average Bonchev–Trinajstić information content (AvgIpc) is 2.37. The van der Waals surface area contributed by atoms with E-state index in [1.54, 1.807) is 24.3 Å². The molecule has 19 heavy (non-hydrogen) atoms. The van der Waals surface area contributed by atoms with Gasteiger partial charge in [0.1, 0.15) is 5.84 Å². The van der Waals surface area contributed by atoms with Gasteiger partial charge in [0, 0.05) is 22.9 Å². The Morgan fingerprint density at radius 3 is 2.53 bits per heavy atom. The van der Waals surface area contributed by atoms with Crippen molar-refractivity contribution in [3.8, 4) is 17.1 Å². The van der Waals surface area contributed by atoms with Crippen LogP contribution < -0.4 is 21.9 Å². The molecule has 0 saturated carbocycles. The van der Waals surface area contributed by atoms with Crippen molar-refractivity contribution in [3.05, 3.63) is 29.8 Å². The van der Waals surface area contributed by atoms with E-state index >= 15 is 0 Å². The molecule has 7 heteroatoms. The molecule has 0 bridgehead atoms. The highest BCUT2D eigenvalue weighted by Gasteiger charge is 2.08. The number of hydrogen-bond acceptors (Lipinski definition) is 6. The molecule has 0 aliphatic carbocycles. The van der Waals surface area contributed by atoms with Gasteiger partial charge in [-0.2, -0.15) is 4.98 Å². The molecule has 0 radical (unpaired) electrons. The predicted molar refractivity (Wildman–Crippen MR) is 73.9 cm³/mol. The van der Waals surface area contributed by atoms with Gasteiger partial charge in [-0.1, -0.05) is 6.07 Å². The van der Waals surface area contributed by atoms with Crippen LogP contribution in [0.2, 0.25) is 0 Å². The summed E-state index contributed by atoms with van der Waals surface area (Å²) in [5.74, 6) is 0.407. The summed E-state index contributed by atoms with van der Waals surface area (Å²) in [5, 5.41) is 7.38. The number of ether oxygens (including phenoxy) is 1. The van der Waals surface area contributed by atoms with Gasteiger partial charge in [-0.05, 0) is 12.1 Å². The van der Waals surface area contributed by atoms with Crippen LogP contribution in [0, 0.1) is 5.41 Å². The van der Waals surface area contributed by atoms with Crippen molar-refractivity contribution < 1.29 is 4.74 Å². The minimum Gasteiger partial charge on any atom is -0.481 e. The van der Waals surface area contributed by atoms with Crippen molar-refractivity contribution in [2.75, 3.05) is 18.6 Å². The van der Waals surface area contributed by atoms with Gasteiger partial charge in [-0.15, -0.1) is 0 Å². The maximum absolute atomic E-state index is 7.38. The third-order valence-electron chi connectivity index (χ3n) is 2.57. The summed E-state index contributed by atoms with van der Waals surface area (Å²) < 4.78 is 5.03. The number of anilines is 2. The Kier molecular flexibility index (Phi) is 3.19. The van der Waals surface area contributed by atoms with Crippen LogP contribution in [0.4, 0.5) is 11.6 Å². The zero-order valence-corrected chi connectivity index (χ0v) is 10.3. The second-order valence-corrected chi connectivity index (χ2v) is 3.87. The van der Waals surface area contributed by atoms with Gasteiger partial charge in [-0.3, -0.25) is 5.41 Å². The van der Waals surface area contributed by atoms with E-state index in [4.69, 9.17) is 27.3 Å². The molecule has 1 aromatic heterocycles. The van der Waals surface area contributed by atoms with Gasteiger partial charge in [-0.25, -0.2) is 4.98 Å². The molecule has 0 atom stereocenters. The Morgan fingerprint density at radius 1 is 1.21 bits per heavy atom. The van der Waals surface area contributed by atoms with Crippen LogP contribution in [0.25, 0.3) is 11.3 Å². The van der Waals surface area contributed by atoms with E-state index in [2.05, 4.69) is 9.97 Å². The fraction of sp³-hybridized carbons (Fsp3) is 0.0833. The minimum atomic E-state index is -0.0798. The van der Waals surface area contributed by atoms with Crippen LogP contribution in [-0.2, 0) is 0 Å². The number of nitrogens with two attached hydrogens (primary N) is 3. The molecule has 0 fully saturated rings. The number of hydrogen-bond donors (Lipinski definition) is 4. The Morgan fingerprint density at radius 2 is 1.95 bits per heavy atom. The molecule has 7 nitrogen and oxygen atoms in total. The van der Waals surface area contributed by atoms with E-state index in [0.717, 1.165) is 5.56 Å². The summed E-state index contributed by atoms with van der Waals surface area (Å²) in [7, 11) is 1.50. The molecule has 2 aromatic rings. The molecular weight excluding hydrogens is 244 g/mol. The summed E-state index contributed by atoms with van der Waals surface area (Å²) in [4.78, 5) is 8.02. The molecule has 0 aliphatic heterocycles. The lowest BCUT2D eigenvalue weighted by atomic mass is 10.1. The second-order valence-electron chi connectivity index (χ2n) is 3.87. The number of nitrogens with zero attached hydrogens (tertiary/aromatic N) is 2. The Labute approximate surface area is 109 Å². The third-order valence-corrected chi connectivity index (χ3v) is 2.57. The number of amidine groups is 1. The maximum Gasteiger partial charge on any atom is 0.223 e. The molecule has 0 unspecified atom stereocenters. The highest BCUT2D eigenvalue weighted by Crippen LogP contribution is 2.25. The number of nitrogen functional groups attached to an aromatic ring is 3. The molecular formula is C12H14N6O. The standard InChI is InChI=1S/C12H14N6O/c1-19-10-5-9(17-12(16)18-10)6-2-3-7(11(14)15)8(13)4-6/h2-5H,13H2,1H3,(H3,14,15)(H2,16,17,18). The smallest absolute Gasteiger partial charge is 0.223 e. The topological polar surface area (TPSA) is 137 Å². The first-order chi connectivity index (χ1) is 9.01. The van der Waals surface area contributed by atoms with Gasteiger partial charge in [0.15, 0.2) is 0 Å². The van der Waals surface area contributed by atoms with Gasteiger partial charge in [0.2, 0.25) is 11.8 Å². The molecule has 1 heterocycles. The fourth-order valence-corrected chi connectivity index (χ4v) is 1.66. The van der Waals surface area contributed by atoms with Gasteiger partial charge >= 0.3 is 0 Å². The monoisotopic (exact) mass is 258 g/mol. The first-order valence-corrected chi connectivity index (χ1v) is 5.44. The van der Waals surface area contributed by atoms with Crippen molar-refractivity contribution >= 4 is 17.5 Å². The van der Waals surface area contributed by atoms with Crippen LogP contribution in [0.15, 0.2) is 24.3 Å². The lowest BCUT2D eigenvalue weighted by molar-refractivity contribution is 0.398. The van der Waals surface area contributed by atoms with E-state index in [-0.39, 0.29) is 11.8 Å². The summed E-state index contributed by atoms with van der Waals surface area (Å²) >= 11 is 0. The molecule has 2 rings (SSSR count). The Bertz CT molecular complexity index is 640. The number of benzene rings is 1. The van der Waals surface area contributed by atoms with Crippen LogP contribution >= 0.6 is 0 Å². The zero-order valence-electron chi connectivity index (χ0n) is 10.3. The predicted octanol–water partition coefficient (Wildman–Crippen LogP) is 0.601. The van der Waals surface area contributed by atoms with Crippen LogP contribution in [0.1, 0.15) is 5.56 Å². The number of nitrogens with one attached hydrogen (secondary N) is 1. The van der Waals surface area contributed by atoms with E-state index in [1.165, 1.54) is 7.11 Å². The van der Waals surface area contributed by atoms with Crippen molar-refractivity contribution in [2.45, 2.75) is 0 Å².